The average molecular weight is 272 g/mol. The first kappa shape index (κ1) is 12.7. The van der Waals surface area contributed by atoms with Gasteiger partial charge in [0.1, 0.15) is 0 Å². The monoisotopic (exact) mass is 271 g/mol. The van der Waals surface area contributed by atoms with Crippen LogP contribution in [-0.2, 0) is 5.41 Å². The van der Waals surface area contributed by atoms with Crippen LogP contribution in [0.5, 0.6) is 0 Å². The Balaban J connectivity index is 2.09. The fourth-order valence-corrected chi connectivity index (χ4v) is 3.47. The lowest BCUT2D eigenvalue weighted by Crippen LogP contribution is -2.30. The third-order valence-electron chi connectivity index (χ3n) is 4.34. The van der Waals surface area contributed by atoms with Gasteiger partial charge in [0.15, 0.2) is 0 Å². The number of hydrogen-bond donors (Lipinski definition) is 0. The molecule has 0 atom stereocenters. The molecule has 0 N–H and O–H groups in total. The lowest BCUT2D eigenvalue weighted by Gasteiger charge is -2.38. The van der Waals surface area contributed by atoms with E-state index in [2.05, 4.69) is 29.2 Å². The van der Waals surface area contributed by atoms with E-state index in [1.165, 1.54) is 43.2 Å². The van der Waals surface area contributed by atoms with Crippen LogP contribution in [0.4, 0.5) is 0 Å². The molecule has 0 unspecified atom stereocenters. The molecule has 98 valence electrons. The summed E-state index contributed by atoms with van der Waals surface area (Å²) in [4.78, 5) is 4.16. The summed E-state index contributed by atoms with van der Waals surface area (Å²) in [5, 5.41) is 0.810. The third kappa shape index (κ3) is 2.40. The molecule has 0 saturated heterocycles. The molecular formula is C17H18ClN. The van der Waals surface area contributed by atoms with Gasteiger partial charge in [-0.15, -0.1) is 0 Å². The van der Waals surface area contributed by atoms with Gasteiger partial charge in [-0.25, -0.2) is 0 Å². The average Bonchev–Trinajstić information content (AvgIpc) is 2.49. The second-order valence-electron chi connectivity index (χ2n) is 5.39. The van der Waals surface area contributed by atoms with Crippen LogP contribution in [0.1, 0.15) is 43.2 Å². The Morgan fingerprint density at radius 3 is 2.00 bits per heavy atom. The largest absolute Gasteiger partial charge is 0.265 e. The standard InChI is InChI=1S/C17H18ClN/c18-16-6-4-14(5-7-16)17(10-2-1-3-11-17)15-8-12-19-13-9-15/h4-9,12-13H,1-3,10-11H2. The van der Waals surface area contributed by atoms with E-state index in [1.807, 2.05) is 24.5 Å². The van der Waals surface area contributed by atoms with E-state index in [1.54, 1.807) is 0 Å². The van der Waals surface area contributed by atoms with Crippen molar-refractivity contribution < 1.29 is 0 Å². The van der Waals surface area contributed by atoms with Crippen LogP contribution in [0.2, 0.25) is 5.02 Å². The summed E-state index contributed by atoms with van der Waals surface area (Å²) in [5.41, 5.74) is 2.94. The summed E-state index contributed by atoms with van der Waals surface area (Å²) in [6.07, 6.45) is 10.2. The van der Waals surface area contributed by atoms with Gasteiger partial charge in [0.25, 0.3) is 0 Å². The first-order valence-electron chi connectivity index (χ1n) is 6.98. The van der Waals surface area contributed by atoms with Crippen LogP contribution in [0.25, 0.3) is 0 Å². The topological polar surface area (TPSA) is 12.9 Å². The summed E-state index contributed by atoms with van der Waals surface area (Å²) in [7, 11) is 0. The van der Waals surface area contributed by atoms with Crippen LogP contribution in [0, 0.1) is 0 Å². The zero-order valence-electron chi connectivity index (χ0n) is 11.0. The zero-order chi connectivity index (χ0) is 13.1. The zero-order valence-corrected chi connectivity index (χ0v) is 11.7. The maximum Gasteiger partial charge on any atom is 0.0406 e. The lowest BCUT2D eigenvalue weighted by atomic mass is 9.65. The number of aromatic nitrogens is 1. The summed E-state index contributed by atoms with van der Waals surface area (Å²) >= 11 is 6.03. The van der Waals surface area contributed by atoms with E-state index in [-0.39, 0.29) is 5.41 Å². The van der Waals surface area contributed by atoms with Gasteiger partial charge in [-0.1, -0.05) is 43.0 Å². The number of nitrogens with zero attached hydrogens (tertiary/aromatic N) is 1. The second kappa shape index (κ2) is 5.34. The maximum atomic E-state index is 6.03. The molecule has 19 heavy (non-hydrogen) atoms. The highest BCUT2D eigenvalue weighted by Gasteiger charge is 2.35. The predicted octanol–water partition coefficient (Wildman–Crippen LogP) is 4.99. The molecule has 1 heterocycles. The highest BCUT2D eigenvalue weighted by atomic mass is 35.5. The van der Waals surface area contributed by atoms with E-state index in [0.717, 1.165) is 5.02 Å². The van der Waals surface area contributed by atoms with Crippen LogP contribution >= 0.6 is 11.6 Å². The van der Waals surface area contributed by atoms with Gasteiger partial charge < -0.3 is 0 Å². The van der Waals surface area contributed by atoms with Gasteiger partial charge in [0.05, 0.1) is 0 Å². The molecule has 1 aliphatic carbocycles. The van der Waals surface area contributed by atoms with Gasteiger partial charge >= 0.3 is 0 Å². The Kier molecular flexibility index (Phi) is 3.56. The summed E-state index contributed by atoms with van der Waals surface area (Å²) in [6.45, 7) is 0. The normalized spacial score (nSPS) is 18.2. The molecule has 1 aromatic heterocycles. The summed E-state index contributed by atoms with van der Waals surface area (Å²) < 4.78 is 0. The minimum Gasteiger partial charge on any atom is -0.265 e. The van der Waals surface area contributed by atoms with Gasteiger partial charge in [-0.3, -0.25) is 4.98 Å². The summed E-state index contributed by atoms with van der Waals surface area (Å²) in [6, 6.07) is 12.7. The fraction of sp³-hybridized carbons (Fsp3) is 0.353. The van der Waals surface area contributed by atoms with Crippen LogP contribution in [0.3, 0.4) is 0 Å². The van der Waals surface area contributed by atoms with Crippen molar-refractivity contribution in [3.8, 4) is 0 Å². The van der Waals surface area contributed by atoms with E-state index in [9.17, 15) is 0 Å². The highest BCUT2D eigenvalue weighted by Crippen LogP contribution is 2.44. The number of hydrogen-bond acceptors (Lipinski definition) is 1. The van der Waals surface area contributed by atoms with Crippen LogP contribution < -0.4 is 0 Å². The lowest BCUT2D eigenvalue weighted by molar-refractivity contribution is 0.346. The van der Waals surface area contributed by atoms with Gasteiger partial charge in [-0.2, -0.15) is 0 Å². The quantitative estimate of drug-likeness (QED) is 0.750. The Morgan fingerprint density at radius 1 is 0.789 bits per heavy atom. The Hall–Kier alpha value is -1.34. The molecule has 2 aromatic rings. The molecular weight excluding hydrogens is 254 g/mol. The predicted molar refractivity (Wildman–Crippen MR) is 79.6 cm³/mol. The third-order valence-corrected chi connectivity index (χ3v) is 4.59. The molecule has 1 nitrogen and oxygen atoms in total. The molecule has 1 aliphatic rings. The van der Waals surface area contributed by atoms with Crippen molar-refractivity contribution in [1.82, 2.24) is 4.98 Å². The number of rotatable bonds is 2. The van der Waals surface area contributed by atoms with Crippen molar-refractivity contribution in [3.63, 3.8) is 0 Å². The number of benzene rings is 1. The summed E-state index contributed by atoms with van der Waals surface area (Å²) in [5.74, 6) is 0. The number of pyridine rings is 1. The number of halogens is 1. The maximum absolute atomic E-state index is 6.03. The Bertz CT molecular complexity index is 527. The van der Waals surface area contributed by atoms with Crippen molar-refractivity contribution in [2.75, 3.05) is 0 Å². The van der Waals surface area contributed by atoms with Crippen LogP contribution in [-0.4, -0.2) is 4.98 Å². The van der Waals surface area contributed by atoms with Crippen molar-refractivity contribution >= 4 is 11.6 Å². The SMILES string of the molecule is Clc1ccc(C2(c3ccncc3)CCCCC2)cc1. The molecule has 1 saturated carbocycles. The minimum atomic E-state index is 0.159. The molecule has 0 amide bonds. The second-order valence-corrected chi connectivity index (χ2v) is 5.82. The first-order chi connectivity index (χ1) is 9.31. The van der Waals surface area contributed by atoms with Crippen molar-refractivity contribution in [3.05, 3.63) is 64.9 Å². The van der Waals surface area contributed by atoms with Crippen LogP contribution in [0.15, 0.2) is 48.8 Å². The van der Waals surface area contributed by atoms with Crippen molar-refractivity contribution in [2.45, 2.75) is 37.5 Å². The van der Waals surface area contributed by atoms with Crippen molar-refractivity contribution in [2.24, 2.45) is 0 Å². The van der Waals surface area contributed by atoms with Gasteiger partial charge in [0.2, 0.25) is 0 Å². The molecule has 0 bridgehead atoms. The molecule has 2 heteroatoms. The Labute approximate surface area is 119 Å². The van der Waals surface area contributed by atoms with E-state index < -0.39 is 0 Å². The molecule has 0 aliphatic heterocycles. The molecule has 3 rings (SSSR count). The molecule has 1 fully saturated rings. The van der Waals surface area contributed by atoms with E-state index >= 15 is 0 Å². The fourth-order valence-electron chi connectivity index (χ4n) is 3.34. The van der Waals surface area contributed by atoms with Gasteiger partial charge in [-0.05, 0) is 48.2 Å². The van der Waals surface area contributed by atoms with Crippen molar-refractivity contribution in [1.29, 1.82) is 0 Å². The first-order valence-corrected chi connectivity index (χ1v) is 7.36. The van der Waals surface area contributed by atoms with E-state index in [4.69, 9.17) is 11.6 Å². The van der Waals surface area contributed by atoms with E-state index in [0.29, 0.717) is 0 Å². The minimum absolute atomic E-state index is 0.159. The molecule has 1 aromatic carbocycles. The highest BCUT2D eigenvalue weighted by molar-refractivity contribution is 6.30. The smallest absolute Gasteiger partial charge is 0.0406 e. The molecule has 0 spiro atoms. The van der Waals surface area contributed by atoms with Gasteiger partial charge in [0, 0.05) is 22.8 Å². The molecule has 0 radical (unpaired) electrons. The Morgan fingerprint density at radius 2 is 1.37 bits per heavy atom.